The van der Waals surface area contributed by atoms with Gasteiger partial charge in [0.2, 0.25) is 10.0 Å². The van der Waals surface area contributed by atoms with Gasteiger partial charge in [-0.3, -0.25) is 15.0 Å². The van der Waals surface area contributed by atoms with Crippen molar-refractivity contribution in [1.29, 1.82) is 0 Å². The van der Waals surface area contributed by atoms with E-state index in [9.17, 15) is 18.5 Å². The van der Waals surface area contributed by atoms with Crippen LogP contribution in [0.15, 0.2) is 53.4 Å². The Balaban J connectivity index is 1.52. The first-order valence-electron chi connectivity index (χ1n) is 8.73. The van der Waals surface area contributed by atoms with E-state index in [1.54, 1.807) is 36.4 Å². The maximum absolute atomic E-state index is 12.7. The Morgan fingerprint density at radius 1 is 1.04 bits per heavy atom. The van der Waals surface area contributed by atoms with E-state index in [-0.39, 0.29) is 28.0 Å². The summed E-state index contributed by atoms with van der Waals surface area (Å²) in [5, 5.41) is 11.2. The molecule has 0 N–H and O–H groups in total. The first kappa shape index (κ1) is 20.5. The lowest BCUT2D eigenvalue weighted by molar-refractivity contribution is -0.385. The number of hydrogen-bond acceptors (Lipinski definition) is 6. The van der Waals surface area contributed by atoms with E-state index in [2.05, 4.69) is 4.90 Å². The van der Waals surface area contributed by atoms with Gasteiger partial charge >= 0.3 is 5.69 Å². The Bertz CT molecular complexity index is 946. The number of halogens is 1. The summed E-state index contributed by atoms with van der Waals surface area (Å²) in [6.07, 6.45) is 0. The number of nitrogens with zero attached hydrogens (tertiary/aromatic N) is 3. The predicted molar refractivity (Wildman–Crippen MR) is 105 cm³/mol. The van der Waals surface area contributed by atoms with Gasteiger partial charge in [-0.1, -0.05) is 35.9 Å². The minimum atomic E-state index is -3.63. The van der Waals surface area contributed by atoms with Crippen LogP contribution in [0.2, 0.25) is 5.02 Å². The number of nitro benzene ring substituents is 1. The van der Waals surface area contributed by atoms with Crippen molar-refractivity contribution in [2.24, 2.45) is 0 Å². The van der Waals surface area contributed by atoms with Gasteiger partial charge in [-0.15, -0.1) is 0 Å². The number of sulfonamides is 1. The third kappa shape index (κ3) is 4.61. The second-order valence-electron chi connectivity index (χ2n) is 6.25. The van der Waals surface area contributed by atoms with Crippen LogP contribution in [0.1, 0.15) is 0 Å². The van der Waals surface area contributed by atoms with Crippen LogP contribution in [0.25, 0.3) is 0 Å². The second-order valence-corrected chi connectivity index (χ2v) is 8.56. The predicted octanol–water partition coefficient (Wildman–Crippen LogP) is 2.63. The lowest BCUT2D eigenvalue weighted by atomic mass is 10.3. The number of nitro groups is 1. The average Bonchev–Trinajstić information content (AvgIpc) is 2.69. The van der Waals surface area contributed by atoms with Crippen molar-refractivity contribution in [3.05, 3.63) is 63.7 Å². The summed E-state index contributed by atoms with van der Waals surface area (Å²) in [6, 6.07) is 12.6. The fourth-order valence-electron chi connectivity index (χ4n) is 3.00. The monoisotopic (exact) mass is 425 g/mol. The fraction of sp³-hybridized carbons (Fsp3) is 0.333. The Kier molecular flexibility index (Phi) is 6.50. The summed E-state index contributed by atoms with van der Waals surface area (Å²) in [6.45, 7) is 2.61. The van der Waals surface area contributed by atoms with Crippen LogP contribution in [0, 0.1) is 10.1 Å². The van der Waals surface area contributed by atoms with Gasteiger partial charge in [-0.25, -0.2) is 8.42 Å². The highest BCUT2D eigenvalue weighted by Crippen LogP contribution is 2.26. The van der Waals surface area contributed by atoms with Crippen LogP contribution in [0.4, 0.5) is 5.69 Å². The summed E-state index contributed by atoms with van der Waals surface area (Å²) in [5.41, 5.74) is -0.0712. The Morgan fingerprint density at radius 3 is 2.36 bits per heavy atom. The Morgan fingerprint density at radius 2 is 1.68 bits per heavy atom. The molecular weight excluding hydrogens is 406 g/mol. The highest BCUT2D eigenvalue weighted by atomic mass is 35.5. The summed E-state index contributed by atoms with van der Waals surface area (Å²) in [7, 11) is -3.63. The zero-order valence-corrected chi connectivity index (χ0v) is 16.6. The van der Waals surface area contributed by atoms with Gasteiger partial charge in [0.25, 0.3) is 0 Å². The second kappa shape index (κ2) is 8.87. The summed E-state index contributed by atoms with van der Waals surface area (Å²) in [4.78, 5) is 12.7. The molecule has 1 fully saturated rings. The number of piperazine rings is 1. The molecule has 0 unspecified atom stereocenters. The normalized spacial score (nSPS) is 16.0. The van der Waals surface area contributed by atoms with E-state index in [4.69, 9.17) is 16.3 Å². The minimum absolute atomic E-state index is 0.0712. The average molecular weight is 426 g/mol. The lowest BCUT2D eigenvalue weighted by Gasteiger charge is -2.33. The Hall–Kier alpha value is -2.20. The standard InChI is InChI=1S/C18H20ClN3O5S/c19-15-5-1-4-8-18(15)28(25,26)21-11-9-20(10-12-21)13-14-27-17-7-3-2-6-16(17)22(23)24/h1-8H,9-14H2. The highest BCUT2D eigenvalue weighted by Gasteiger charge is 2.29. The molecule has 28 heavy (non-hydrogen) atoms. The van der Waals surface area contributed by atoms with Crippen molar-refractivity contribution >= 4 is 27.3 Å². The number of ether oxygens (including phenoxy) is 1. The van der Waals surface area contributed by atoms with Crippen molar-refractivity contribution in [1.82, 2.24) is 9.21 Å². The molecule has 2 aromatic carbocycles. The van der Waals surface area contributed by atoms with Crippen LogP contribution in [-0.4, -0.2) is 61.9 Å². The SMILES string of the molecule is O=[N+]([O-])c1ccccc1OCCN1CCN(S(=O)(=O)c2ccccc2Cl)CC1. The number of para-hydroxylation sites is 2. The lowest BCUT2D eigenvalue weighted by Crippen LogP contribution is -2.49. The van der Waals surface area contributed by atoms with Crippen molar-refractivity contribution in [3.63, 3.8) is 0 Å². The van der Waals surface area contributed by atoms with Crippen molar-refractivity contribution in [3.8, 4) is 5.75 Å². The van der Waals surface area contributed by atoms with E-state index in [1.165, 1.54) is 16.4 Å². The molecule has 0 aliphatic carbocycles. The maximum atomic E-state index is 12.7. The molecule has 150 valence electrons. The fourth-order valence-corrected chi connectivity index (χ4v) is 4.92. The smallest absolute Gasteiger partial charge is 0.310 e. The molecule has 3 rings (SSSR count). The van der Waals surface area contributed by atoms with E-state index < -0.39 is 14.9 Å². The molecule has 1 saturated heterocycles. The summed E-state index contributed by atoms with van der Waals surface area (Å²) < 4.78 is 32.5. The molecule has 1 heterocycles. The molecule has 0 amide bonds. The first-order valence-corrected chi connectivity index (χ1v) is 10.5. The zero-order valence-electron chi connectivity index (χ0n) is 15.0. The highest BCUT2D eigenvalue weighted by molar-refractivity contribution is 7.89. The third-order valence-electron chi connectivity index (χ3n) is 4.51. The number of rotatable bonds is 7. The van der Waals surface area contributed by atoms with Crippen LogP contribution < -0.4 is 4.74 Å². The van der Waals surface area contributed by atoms with Crippen molar-refractivity contribution < 1.29 is 18.1 Å². The molecule has 1 aliphatic heterocycles. The number of benzene rings is 2. The molecule has 2 aromatic rings. The number of hydrogen-bond donors (Lipinski definition) is 0. The molecule has 0 bridgehead atoms. The van der Waals surface area contributed by atoms with Crippen LogP contribution in [-0.2, 0) is 10.0 Å². The van der Waals surface area contributed by atoms with E-state index in [0.717, 1.165) is 0 Å². The van der Waals surface area contributed by atoms with Gasteiger partial charge in [0.05, 0.1) is 9.95 Å². The molecule has 0 saturated carbocycles. The third-order valence-corrected chi connectivity index (χ3v) is 6.91. The minimum Gasteiger partial charge on any atom is -0.485 e. The molecule has 10 heteroatoms. The first-order chi connectivity index (χ1) is 13.4. The van der Waals surface area contributed by atoms with Gasteiger partial charge in [0, 0.05) is 38.8 Å². The molecule has 0 radical (unpaired) electrons. The quantitative estimate of drug-likeness (QED) is 0.500. The van der Waals surface area contributed by atoms with E-state index in [0.29, 0.717) is 32.7 Å². The van der Waals surface area contributed by atoms with Gasteiger partial charge in [0.1, 0.15) is 11.5 Å². The molecule has 8 nitrogen and oxygen atoms in total. The van der Waals surface area contributed by atoms with Crippen LogP contribution >= 0.6 is 11.6 Å². The molecule has 0 spiro atoms. The van der Waals surface area contributed by atoms with E-state index >= 15 is 0 Å². The zero-order chi connectivity index (χ0) is 20.1. The largest absolute Gasteiger partial charge is 0.485 e. The Labute approximate surface area is 168 Å². The van der Waals surface area contributed by atoms with Gasteiger partial charge < -0.3 is 4.74 Å². The van der Waals surface area contributed by atoms with Crippen molar-refractivity contribution in [2.45, 2.75) is 4.90 Å². The maximum Gasteiger partial charge on any atom is 0.310 e. The molecular formula is C18H20ClN3O5S. The van der Waals surface area contributed by atoms with Crippen LogP contribution in [0.5, 0.6) is 5.75 Å². The summed E-state index contributed by atoms with van der Waals surface area (Å²) >= 11 is 6.04. The molecule has 1 aliphatic rings. The molecule has 0 atom stereocenters. The van der Waals surface area contributed by atoms with Gasteiger partial charge in [-0.2, -0.15) is 4.31 Å². The van der Waals surface area contributed by atoms with Gasteiger partial charge in [0.15, 0.2) is 5.75 Å². The van der Waals surface area contributed by atoms with Crippen LogP contribution in [0.3, 0.4) is 0 Å². The molecule has 0 aromatic heterocycles. The van der Waals surface area contributed by atoms with Crippen molar-refractivity contribution in [2.75, 3.05) is 39.3 Å². The van der Waals surface area contributed by atoms with Gasteiger partial charge in [-0.05, 0) is 18.2 Å². The van der Waals surface area contributed by atoms with E-state index in [1.807, 2.05) is 0 Å². The summed E-state index contributed by atoms with van der Waals surface area (Å²) in [5.74, 6) is 0.229. The topological polar surface area (TPSA) is 93.0 Å².